The van der Waals surface area contributed by atoms with E-state index in [1.807, 2.05) is 0 Å². The fourth-order valence-electron chi connectivity index (χ4n) is 4.99. The molecular weight excluding hydrogens is 212 g/mol. The van der Waals surface area contributed by atoms with Crippen LogP contribution in [0.2, 0.25) is 0 Å². The lowest BCUT2D eigenvalue weighted by molar-refractivity contribution is -0.251. The van der Waals surface area contributed by atoms with Crippen LogP contribution in [0.5, 0.6) is 0 Å². The average molecular weight is 238 g/mol. The molecule has 2 heteroatoms. The Morgan fingerprint density at radius 1 is 1.24 bits per heavy atom. The fraction of sp³-hybridized carbons (Fsp3) is 1.00. The van der Waals surface area contributed by atoms with Crippen LogP contribution in [-0.2, 0) is 4.74 Å². The van der Waals surface area contributed by atoms with Gasteiger partial charge in [0.1, 0.15) is 0 Å². The molecule has 0 amide bonds. The molecule has 0 spiro atoms. The molecule has 6 atom stereocenters. The van der Waals surface area contributed by atoms with Crippen molar-refractivity contribution >= 4 is 0 Å². The smallest absolute Gasteiger partial charge is 0.0974 e. The molecule has 3 fully saturated rings. The Morgan fingerprint density at radius 2 is 1.94 bits per heavy atom. The highest BCUT2D eigenvalue weighted by atomic mass is 16.5. The number of hydrogen-bond acceptors (Lipinski definition) is 2. The van der Waals surface area contributed by atoms with Crippen LogP contribution in [0.3, 0.4) is 0 Å². The van der Waals surface area contributed by atoms with Crippen LogP contribution < -0.4 is 0 Å². The second-order valence-electron chi connectivity index (χ2n) is 7.21. The van der Waals surface area contributed by atoms with Gasteiger partial charge in [-0.3, -0.25) is 0 Å². The van der Waals surface area contributed by atoms with Crippen LogP contribution in [0, 0.1) is 23.7 Å². The number of hydrogen-bond donors (Lipinski definition) is 1. The van der Waals surface area contributed by atoms with E-state index in [-0.39, 0.29) is 17.3 Å². The molecule has 0 aromatic carbocycles. The molecule has 1 saturated carbocycles. The molecule has 2 aliphatic heterocycles. The van der Waals surface area contributed by atoms with Crippen molar-refractivity contribution in [3.8, 4) is 0 Å². The van der Waals surface area contributed by atoms with E-state index in [1.54, 1.807) is 0 Å². The summed E-state index contributed by atoms with van der Waals surface area (Å²) >= 11 is 0. The van der Waals surface area contributed by atoms with Gasteiger partial charge in [0.2, 0.25) is 0 Å². The summed E-state index contributed by atoms with van der Waals surface area (Å²) in [7, 11) is 0. The van der Waals surface area contributed by atoms with Crippen molar-refractivity contribution in [2.75, 3.05) is 0 Å². The molecule has 0 aromatic heterocycles. The van der Waals surface area contributed by atoms with E-state index in [9.17, 15) is 5.11 Å². The molecule has 0 radical (unpaired) electrons. The number of aliphatic hydroxyl groups is 1. The van der Waals surface area contributed by atoms with Gasteiger partial charge in [0.25, 0.3) is 0 Å². The fourth-order valence-corrected chi connectivity index (χ4v) is 4.99. The summed E-state index contributed by atoms with van der Waals surface area (Å²) in [6, 6.07) is 0. The largest absolute Gasteiger partial charge is 0.390 e. The predicted molar refractivity (Wildman–Crippen MR) is 67.7 cm³/mol. The summed E-state index contributed by atoms with van der Waals surface area (Å²) in [6.45, 7) is 9.01. The van der Waals surface area contributed by atoms with Crippen molar-refractivity contribution in [2.24, 2.45) is 23.7 Å². The van der Waals surface area contributed by atoms with Gasteiger partial charge >= 0.3 is 0 Å². The van der Waals surface area contributed by atoms with Crippen LogP contribution in [0.25, 0.3) is 0 Å². The standard InChI is InChI=1S/C15H26O2/c1-9(2)15-8-7-14(4,17-15)11-6-5-10(3)12(11)13(15)16/h9-13,16H,5-8H2,1-4H3/t10-,11-,12-,13+,14-,15-/m1/s1. The van der Waals surface area contributed by atoms with Gasteiger partial charge in [-0.15, -0.1) is 0 Å². The molecule has 1 aliphatic carbocycles. The van der Waals surface area contributed by atoms with Crippen molar-refractivity contribution in [3.63, 3.8) is 0 Å². The van der Waals surface area contributed by atoms with E-state index in [0.717, 1.165) is 12.8 Å². The minimum Gasteiger partial charge on any atom is -0.390 e. The van der Waals surface area contributed by atoms with Crippen molar-refractivity contribution in [1.82, 2.24) is 0 Å². The van der Waals surface area contributed by atoms with E-state index >= 15 is 0 Å². The van der Waals surface area contributed by atoms with Crippen molar-refractivity contribution in [2.45, 2.75) is 70.7 Å². The minimum atomic E-state index is -0.255. The van der Waals surface area contributed by atoms with Gasteiger partial charge in [0, 0.05) is 0 Å². The van der Waals surface area contributed by atoms with Gasteiger partial charge in [-0.05, 0) is 56.3 Å². The van der Waals surface area contributed by atoms with E-state index in [0.29, 0.717) is 23.7 Å². The van der Waals surface area contributed by atoms with Gasteiger partial charge in [-0.25, -0.2) is 0 Å². The Kier molecular flexibility index (Phi) is 2.45. The maximum Gasteiger partial charge on any atom is 0.0974 e. The van der Waals surface area contributed by atoms with Gasteiger partial charge in [-0.2, -0.15) is 0 Å². The molecule has 2 bridgehead atoms. The van der Waals surface area contributed by atoms with Gasteiger partial charge in [-0.1, -0.05) is 20.8 Å². The maximum absolute atomic E-state index is 10.8. The molecular formula is C15H26O2. The molecule has 17 heavy (non-hydrogen) atoms. The van der Waals surface area contributed by atoms with Crippen molar-refractivity contribution < 1.29 is 9.84 Å². The highest BCUT2D eigenvalue weighted by molar-refractivity contribution is 5.14. The lowest BCUT2D eigenvalue weighted by Gasteiger charge is -2.52. The minimum absolute atomic E-state index is 0.0406. The zero-order valence-electron chi connectivity index (χ0n) is 11.6. The van der Waals surface area contributed by atoms with Crippen molar-refractivity contribution in [1.29, 1.82) is 0 Å². The monoisotopic (exact) mass is 238 g/mol. The third-order valence-corrected chi connectivity index (χ3v) is 6.12. The van der Waals surface area contributed by atoms with Crippen LogP contribution in [0.15, 0.2) is 0 Å². The molecule has 2 nitrogen and oxygen atoms in total. The highest BCUT2D eigenvalue weighted by Crippen LogP contribution is 2.61. The van der Waals surface area contributed by atoms with Crippen molar-refractivity contribution in [3.05, 3.63) is 0 Å². The molecule has 0 aromatic rings. The van der Waals surface area contributed by atoms with Crippen LogP contribution in [0.1, 0.15) is 53.4 Å². The zero-order chi connectivity index (χ0) is 12.4. The van der Waals surface area contributed by atoms with Gasteiger partial charge in [0.05, 0.1) is 17.3 Å². The molecule has 1 N–H and O–H groups in total. The lowest BCUT2D eigenvalue weighted by Crippen LogP contribution is -2.60. The Labute approximate surface area is 105 Å². The van der Waals surface area contributed by atoms with E-state index in [2.05, 4.69) is 27.7 Å². The van der Waals surface area contributed by atoms with E-state index in [1.165, 1.54) is 12.8 Å². The first-order valence-corrected chi connectivity index (χ1v) is 7.29. The second-order valence-corrected chi connectivity index (χ2v) is 7.21. The predicted octanol–water partition coefficient (Wildman–Crippen LogP) is 2.99. The Hall–Kier alpha value is -0.0800. The van der Waals surface area contributed by atoms with Gasteiger partial charge in [0.15, 0.2) is 0 Å². The Bertz CT molecular complexity index is 327. The topological polar surface area (TPSA) is 29.5 Å². The number of rotatable bonds is 1. The van der Waals surface area contributed by atoms with E-state index < -0.39 is 0 Å². The number of aliphatic hydroxyl groups excluding tert-OH is 1. The van der Waals surface area contributed by atoms with Crippen LogP contribution in [-0.4, -0.2) is 22.4 Å². The third-order valence-electron chi connectivity index (χ3n) is 6.12. The first kappa shape index (κ1) is 12.0. The molecule has 3 aliphatic rings. The summed E-state index contributed by atoms with van der Waals surface area (Å²) in [6.07, 6.45) is 4.44. The summed E-state index contributed by atoms with van der Waals surface area (Å²) in [4.78, 5) is 0. The first-order chi connectivity index (χ1) is 7.91. The Balaban J connectivity index is 2.03. The normalized spacial score (nSPS) is 57.5. The zero-order valence-corrected chi connectivity index (χ0v) is 11.6. The third kappa shape index (κ3) is 1.34. The number of ether oxygens (including phenoxy) is 1. The molecule has 2 saturated heterocycles. The summed E-state index contributed by atoms with van der Waals surface area (Å²) in [5.74, 6) is 2.13. The lowest BCUT2D eigenvalue weighted by atomic mass is 9.70. The molecule has 3 rings (SSSR count). The highest BCUT2D eigenvalue weighted by Gasteiger charge is 2.65. The summed E-state index contributed by atoms with van der Waals surface area (Å²) in [5, 5.41) is 10.8. The molecule has 98 valence electrons. The van der Waals surface area contributed by atoms with Crippen LogP contribution >= 0.6 is 0 Å². The number of fused-ring (bicyclic) bond motifs is 4. The molecule has 2 heterocycles. The summed E-state index contributed by atoms with van der Waals surface area (Å²) < 4.78 is 6.46. The quantitative estimate of drug-likeness (QED) is 0.761. The van der Waals surface area contributed by atoms with Crippen LogP contribution in [0.4, 0.5) is 0 Å². The Morgan fingerprint density at radius 3 is 2.59 bits per heavy atom. The average Bonchev–Trinajstić information content (AvgIpc) is 2.78. The van der Waals surface area contributed by atoms with Gasteiger partial charge < -0.3 is 9.84 Å². The summed E-state index contributed by atoms with van der Waals surface area (Å²) in [5.41, 5.74) is -0.215. The first-order valence-electron chi connectivity index (χ1n) is 7.29. The maximum atomic E-state index is 10.8. The second kappa shape index (κ2) is 3.48. The van der Waals surface area contributed by atoms with E-state index in [4.69, 9.17) is 4.74 Å². The SMILES string of the molecule is CC(C)[C@@]12CC[C@@](C)(O1)[C@@H]1CC[C@@H](C)[C@H]1[C@@H]2O. The molecule has 0 unspecified atom stereocenters.